The van der Waals surface area contributed by atoms with Gasteiger partial charge in [-0.2, -0.15) is 0 Å². The van der Waals surface area contributed by atoms with Gasteiger partial charge in [-0.3, -0.25) is 0 Å². The molecule has 0 aliphatic carbocycles. The molecular weight excluding hydrogens is 138 g/mol. The number of hydrogen-bond donors (Lipinski definition) is 3. The number of benzene rings is 1. The van der Waals surface area contributed by atoms with Gasteiger partial charge in [0.15, 0.2) is 0 Å². The third-order valence-corrected chi connectivity index (χ3v) is 1.72. The lowest BCUT2D eigenvalue weighted by Crippen LogP contribution is -2.23. The zero-order valence-electron chi connectivity index (χ0n) is 6.22. The predicted molar refractivity (Wildman–Crippen MR) is 46.6 cm³/mol. The molecule has 0 atom stereocenters. The lowest BCUT2D eigenvalue weighted by molar-refractivity contribution is 0.824. The van der Waals surface area contributed by atoms with E-state index < -0.39 is 0 Å². The van der Waals surface area contributed by atoms with Crippen LogP contribution in [0.25, 0.3) is 0 Å². The van der Waals surface area contributed by atoms with E-state index in [-0.39, 0.29) is 0 Å². The van der Waals surface area contributed by atoms with E-state index in [1.54, 1.807) is 0 Å². The standard InChI is InChI=1S/C8H11N3/c1-2-4-8-7(3-1)9-5-6-10-11-8/h1-4,9-11H,5-6H2. The topological polar surface area (TPSA) is 36.1 Å². The third-order valence-electron chi connectivity index (χ3n) is 1.72. The van der Waals surface area contributed by atoms with E-state index in [9.17, 15) is 0 Å². The quantitative estimate of drug-likeness (QED) is 0.515. The van der Waals surface area contributed by atoms with Gasteiger partial charge in [0.2, 0.25) is 0 Å². The average molecular weight is 149 g/mol. The van der Waals surface area contributed by atoms with E-state index in [1.165, 1.54) is 0 Å². The van der Waals surface area contributed by atoms with Gasteiger partial charge in [-0.1, -0.05) is 12.1 Å². The number of anilines is 2. The number of para-hydroxylation sites is 2. The third kappa shape index (κ3) is 1.28. The van der Waals surface area contributed by atoms with Gasteiger partial charge < -0.3 is 10.7 Å². The highest BCUT2D eigenvalue weighted by atomic mass is 15.4. The Hall–Kier alpha value is -1.22. The smallest absolute Gasteiger partial charge is 0.0720 e. The summed E-state index contributed by atoms with van der Waals surface area (Å²) in [5.41, 5.74) is 8.48. The van der Waals surface area contributed by atoms with Gasteiger partial charge in [0.05, 0.1) is 11.4 Å². The van der Waals surface area contributed by atoms with Crippen LogP contribution in [-0.4, -0.2) is 13.1 Å². The Morgan fingerprint density at radius 1 is 1.00 bits per heavy atom. The first-order valence-electron chi connectivity index (χ1n) is 3.78. The summed E-state index contributed by atoms with van der Waals surface area (Å²) < 4.78 is 0. The molecule has 0 fully saturated rings. The second-order valence-corrected chi connectivity index (χ2v) is 2.52. The number of rotatable bonds is 0. The van der Waals surface area contributed by atoms with Gasteiger partial charge in [-0.15, -0.1) is 0 Å². The highest BCUT2D eigenvalue weighted by Gasteiger charge is 2.02. The van der Waals surface area contributed by atoms with Crippen LogP contribution in [0.5, 0.6) is 0 Å². The second kappa shape index (κ2) is 2.80. The lowest BCUT2D eigenvalue weighted by atomic mass is 10.3. The molecule has 0 saturated heterocycles. The molecule has 1 aromatic carbocycles. The summed E-state index contributed by atoms with van der Waals surface area (Å²) in [6.45, 7) is 1.90. The summed E-state index contributed by atoms with van der Waals surface area (Å²) in [5.74, 6) is 0. The minimum atomic E-state index is 0.939. The zero-order chi connectivity index (χ0) is 7.52. The molecule has 0 aromatic heterocycles. The van der Waals surface area contributed by atoms with Crippen LogP contribution in [0.2, 0.25) is 0 Å². The molecular formula is C8H11N3. The number of hydrazine groups is 1. The Morgan fingerprint density at radius 2 is 1.82 bits per heavy atom. The molecule has 0 radical (unpaired) electrons. The molecule has 1 aliphatic rings. The maximum Gasteiger partial charge on any atom is 0.0720 e. The molecule has 3 N–H and O–H groups in total. The van der Waals surface area contributed by atoms with Crippen LogP contribution in [0.4, 0.5) is 11.4 Å². The van der Waals surface area contributed by atoms with E-state index in [4.69, 9.17) is 0 Å². The minimum absolute atomic E-state index is 0.939. The highest BCUT2D eigenvalue weighted by molar-refractivity contribution is 5.68. The van der Waals surface area contributed by atoms with E-state index in [0.29, 0.717) is 0 Å². The zero-order valence-corrected chi connectivity index (χ0v) is 6.22. The van der Waals surface area contributed by atoms with Gasteiger partial charge in [0.25, 0.3) is 0 Å². The maximum absolute atomic E-state index is 3.30. The Bertz CT molecular complexity index is 222. The van der Waals surface area contributed by atoms with Crippen molar-refractivity contribution in [3.05, 3.63) is 24.3 Å². The van der Waals surface area contributed by atoms with Gasteiger partial charge in [0.1, 0.15) is 0 Å². The summed E-state index contributed by atoms with van der Waals surface area (Å²) in [6.07, 6.45) is 0. The fourth-order valence-corrected chi connectivity index (χ4v) is 1.16. The van der Waals surface area contributed by atoms with Crippen LogP contribution in [0, 0.1) is 0 Å². The summed E-state index contributed by atoms with van der Waals surface area (Å²) in [5, 5.41) is 3.30. The number of nitrogens with one attached hydrogen (secondary N) is 3. The monoisotopic (exact) mass is 149 g/mol. The molecule has 0 saturated carbocycles. The first kappa shape index (κ1) is 6.49. The molecule has 0 spiro atoms. The van der Waals surface area contributed by atoms with Crippen LogP contribution in [-0.2, 0) is 0 Å². The molecule has 58 valence electrons. The molecule has 11 heavy (non-hydrogen) atoms. The van der Waals surface area contributed by atoms with Crippen molar-refractivity contribution in [1.29, 1.82) is 0 Å². The maximum atomic E-state index is 3.30. The Labute approximate surface area is 65.8 Å². The van der Waals surface area contributed by atoms with E-state index >= 15 is 0 Å². The van der Waals surface area contributed by atoms with Gasteiger partial charge in [0, 0.05) is 13.1 Å². The van der Waals surface area contributed by atoms with Crippen molar-refractivity contribution < 1.29 is 0 Å². The SMILES string of the molecule is c1ccc2c(c1)NCCNN2. The predicted octanol–water partition coefficient (Wildman–Crippen LogP) is 1.03. The average Bonchev–Trinajstić information content (AvgIpc) is 2.28. The van der Waals surface area contributed by atoms with Crippen molar-refractivity contribution in [3.63, 3.8) is 0 Å². The van der Waals surface area contributed by atoms with Crippen molar-refractivity contribution in [2.75, 3.05) is 23.8 Å². The van der Waals surface area contributed by atoms with Crippen LogP contribution in [0.3, 0.4) is 0 Å². The molecule has 2 rings (SSSR count). The Kier molecular flexibility index (Phi) is 1.65. The largest absolute Gasteiger partial charge is 0.382 e. The van der Waals surface area contributed by atoms with Crippen LogP contribution >= 0.6 is 0 Å². The van der Waals surface area contributed by atoms with Crippen molar-refractivity contribution in [2.24, 2.45) is 0 Å². The van der Waals surface area contributed by atoms with Crippen LogP contribution < -0.4 is 16.2 Å². The van der Waals surface area contributed by atoms with Crippen molar-refractivity contribution in [1.82, 2.24) is 5.43 Å². The van der Waals surface area contributed by atoms with E-state index in [0.717, 1.165) is 24.5 Å². The highest BCUT2D eigenvalue weighted by Crippen LogP contribution is 2.20. The van der Waals surface area contributed by atoms with Crippen LogP contribution in [0.15, 0.2) is 24.3 Å². The summed E-state index contributed by atoms with van der Waals surface area (Å²) in [7, 11) is 0. The molecule has 1 aromatic rings. The van der Waals surface area contributed by atoms with Crippen LogP contribution in [0.1, 0.15) is 0 Å². The lowest BCUT2D eigenvalue weighted by Gasteiger charge is -2.05. The van der Waals surface area contributed by atoms with Crippen molar-refractivity contribution >= 4 is 11.4 Å². The summed E-state index contributed by atoms with van der Waals surface area (Å²) in [4.78, 5) is 0. The molecule has 1 heterocycles. The summed E-state index contributed by atoms with van der Waals surface area (Å²) in [6, 6.07) is 8.15. The fourth-order valence-electron chi connectivity index (χ4n) is 1.16. The molecule has 0 unspecified atom stereocenters. The Balaban J connectivity index is 2.33. The molecule has 0 amide bonds. The first-order chi connectivity index (χ1) is 5.47. The molecule has 3 heteroatoms. The summed E-state index contributed by atoms with van der Waals surface area (Å²) >= 11 is 0. The molecule has 0 bridgehead atoms. The normalized spacial score (nSPS) is 15.6. The molecule has 3 nitrogen and oxygen atoms in total. The van der Waals surface area contributed by atoms with E-state index in [2.05, 4.69) is 22.2 Å². The number of hydrogen-bond acceptors (Lipinski definition) is 3. The minimum Gasteiger partial charge on any atom is -0.382 e. The fraction of sp³-hybridized carbons (Fsp3) is 0.250. The second-order valence-electron chi connectivity index (χ2n) is 2.52. The first-order valence-corrected chi connectivity index (χ1v) is 3.78. The molecule has 1 aliphatic heterocycles. The van der Waals surface area contributed by atoms with Gasteiger partial charge in [-0.25, -0.2) is 5.43 Å². The van der Waals surface area contributed by atoms with E-state index in [1.807, 2.05) is 18.2 Å². The van der Waals surface area contributed by atoms with Crippen molar-refractivity contribution in [2.45, 2.75) is 0 Å². The van der Waals surface area contributed by atoms with Crippen molar-refractivity contribution in [3.8, 4) is 0 Å². The van der Waals surface area contributed by atoms with Gasteiger partial charge in [-0.05, 0) is 12.1 Å². The number of fused-ring (bicyclic) bond motifs is 1. The van der Waals surface area contributed by atoms with Gasteiger partial charge >= 0.3 is 0 Å². The Morgan fingerprint density at radius 3 is 2.73 bits per heavy atom.